The number of nitrogens with zero attached hydrogens (tertiary/aromatic N) is 2. The number of urea groups is 1. The van der Waals surface area contributed by atoms with E-state index in [1.165, 1.54) is 22.1 Å². The number of nitrogens with one attached hydrogen (secondary N) is 2. The maximum atomic E-state index is 13.7. The molecule has 0 atom stereocenters. The minimum atomic E-state index is -0.207. The third kappa shape index (κ3) is 6.25. The van der Waals surface area contributed by atoms with Crippen molar-refractivity contribution in [3.05, 3.63) is 101 Å². The van der Waals surface area contributed by atoms with Crippen LogP contribution in [-0.2, 0) is 24.2 Å². The summed E-state index contributed by atoms with van der Waals surface area (Å²) in [7, 11) is 0. The van der Waals surface area contributed by atoms with Crippen LogP contribution in [0.4, 0.5) is 10.5 Å². The van der Waals surface area contributed by atoms with Gasteiger partial charge in [0.1, 0.15) is 6.54 Å². The fraction of sp³-hybridized carbons (Fsp3) is 0.312. The summed E-state index contributed by atoms with van der Waals surface area (Å²) >= 11 is 0. The quantitative estimate of drug-likeness (QED) is 0.264. The summed E-state index contributed by atoms with van der Waals surface area (Å²) in [4.78, 5) is 34.0. The van der Waals surface area contributed by atoms with Gasteiger partial charge in [0.15, 0.2) is 0 Å². The van der Waals surface area contributed by atoms with E-state index in [2.05, 4.69) is 66.6 Å². The highest BCUT2D eigenvalue weighted by atomic mass is 16.2. The third-order valence-corrected chi connectivity index (χ3v) is 7.31. The number of carbonyl (C=O) groups excluding carboxylic acids is 2. The molecule has 0 aliphatic heterocycles. The zero-order valence-corrected chi connectivity index (χ0v) is 22.2. The lowest BCUT2D eigenvalue weighted by molar-refractivity contribution is -0.132. The molecule has 0 unspecified atom stereocenters. The number of aromatic nitrogens is 1. The second-order valence-corrected chi connectivity index (χ2v) is 10.3. The Morgan fingerprint density at radius 3 is 2.53 bits per heavy atom. The zero-order chi connectivity index (χ0) is 26.5. The lowest BCUT2D eigenvalue weighted by atomic mass is 10.1. The number of benzene rings is 3. The van der Waals surface area contributed by atoms with Gasteiger partial charge in [0.25, 0.3) is 0 Å². The molecule has 0 spiro atoms. The van der Waals surface area contributed by atoms with Gasteiger partial charge < -0.3 is 20.1 Å². The van der Waals surface area contributed by atoms with Crippen molar-refractivity contribution in [2.75, 3.05) is 18.4 Å². The fourth-order valence-corrected chi connectivity index (χ4v) is 4.86. The molecule has 6 heteroatoms. The van der Waals surface area contributed by atoms with Crippen LogP contribution in [0.1, 0.15) is 42.0 Å². The van der Waals surface area contributed by atoms with E-state index >= 15 is 0 Å². The third-order valence-electron chi connectivity index (χ3n) is 7.31. The summed E-state index contributed by atoms with van der Waals surface area (Å²) < 4.78 is 0. The van der Waals surface area contributed by atoms with Crippen LogP contribution in [-0.4, -0.2) is 45.9 Å². The average Bonchev–Trinajstić information content (AvgIpc) is 3.70. The highest BCUT2D eigenvalue weighted by Crippen LogP contribution is 2.28. The standard InChI is InChI=1S/C32H36N4O2/c1-3-24-7-6-8-27(19-24)34-32(38)36(28-15-16-28)22-31(37)35(21-25-13-11-23(2)12-14-25)18-17-26-20-33-30-10-5-4-9-29(26)30/h4-14,19-20,28,33H,3,15-18,21-22H2,1-2H3,(H,34,38). The summed E-state index contributed by atoms with van der Waals surface area (Å²) in [6, 6.07) is 24.3. The van der Waals surface area contributed by atoms with Crippen LogP contribution in [0.25, 0.3) is 10.9 Å². The normalized spacial score (nSPS) is 12.9. The monoisotopic (exact) mass is 508 g/mol. The molecule has 1 fully saturated rings. The van der Waals surface area contributed by atoms with E-state index in [1.807, 2.05) is 41.4 Å². The van der Waals surface area contributed by atoms with Gasteiger partial charge in [-0.05, 0) is 67.5 Å². The van der Waals surface area contributed by atoms with Gasteiger partial charge in [0.05, 0.1) is 0 Å². The van der Waals surface area contributed by atoms with Crippen molar-refractivity contribution in [2.45, 2.75) is 52.1 Å². The lowest BCUT2D eigenvalue weighted by Crippen LogP contribution is -2.45. The number of fused-ring (bicyclic) bond motifs is 1. The number of hydrogen-bond acceptors (Lipinski definition) is 2. The molecule has 1 saturated carbocycles. The average molecular weight is 509 g/mol. The molecule has 3 amide bonds. The Morgan fingerprint density at radius 2 is 1.76 bits per heavy atom. The van der Waals surface area contributed by atoms with E-state index in [-0.39, 0.29) is 24.5 Å². The smallest absolute Gasteiger partial charge is 0.322 e. The van der Waals surface area contributed by atoms with Crippen LogP contribution in [0.15, 0.2) is 79.0 Å². The number of aromatic amines is 1. The van der Waals surface area contributed by atoms with Crippen LogP contribution in [0.2, 0.25) is 0 Å². The molecule has 1 aliphatic rings. The molecule has 5 rings (SSSR count). The number of para-hydroxylation sites is 1. The van der Waals surface area contributed by atoms with E-state index in [1.54, 1.807) is 4.90 Å². The summed E-state index contributed by atoms with van der Waals surface area (Å²) in [5.74, 6) is -0.0326. The Labute approximate surface area is 224 Å². The highest BCUT2D eigenvalue weighted by Gasteiger charge is 2.35. The summed E-state index contributed by atoms with van der Waals surface area (Å²) in [6.07, 6.45) is 5.54. The van der Waals surface area contributed by atoms with Gasteiger partial charge in [-0.15, -0.1) is 0 Å². The molecule has 0 bridgehead atoms. The second-order valence-electron chi connectivity index (χ2n) is 10.3. The first-order valence-electron chi connectivity index (χ1n) is 13.5. The number of amides is 3. The second kappa shape index (κ2) is 11.5. The first kappa shape index (κ1) is 25.6. The Kier molecular flexibility index (Phi) is 7.78. The number of aryl methyl sites for hydroxylation is 2. The van der Waals surface area contributed by atoms with Crippen molar-refractivity contribution < 1.29 is 9.59 Å². The Bertz CT molecular complexity index is 1400. The number of carbonyl (C=O) groups is 2. The van der Waals surface area contributed by atoms with Gasteiger partial charge in [-0.3, -0.25) is 4.79 Å². The van der Waals surface area contributed by atoms with E-state index in [0.717, 1.165) is 42.5 Å². The Morgan fingerprint density at radius 1 is 0.974 bits per heavy atom. The summed E-state index contributed by atoms with van der Waals surface area (Å²) in [6.45, 7) is 5.32. The minimum Gasteiger partial charge on any atom is -0.361 e. The van der Waals surface area contributed by atoms with Crippen molar-refractivity contribution in [3.8, 4) is 0 Å². The number of anilines is 1. The molecule has 0 radical (unpaired) electrons. The van der Waals surface area contributed by atoms with Crippen molar-refractivity contribution >= 4 is 28.5 Å². The molecular formula is C32H36N4O2. The largest absolute Gasteiger partial charge is 0.361 e. The van der Waals surface area contributed by atoms with E-state index in [0.29, 0.717) is 13.1 Å². The predicted molar refractivity (Wildman–Crippen MR) is 153 cm³/mol. The molecule has 6 nitrogen and oxygen atoms in total. The molecule has 1 aliphatic carbocycles. The van der Waals surface area contributed by atoms with Crippen molar-refractivity contribution in [3.63, 3.8) is 0 Å². The Balaban J connectivity index is 1.31. The van der Waals surface area contributed by atoms with Gasteiger partial charge in [-0.1, -0.05) is 67.1 Å². The van der Waals surface area contributed by atoms with Crippen LogP contribution >= 0.6 is 0 Å². The molecule has 3 aromatic carbocycles. The minimum absolute atomic E-state index is 0.0326. The van der Waals surface area contributed by atoms with Crippen LogP contribution in [0, 0.1) is 6.92 Å². The van der Waals surface area contributed by atoms with E-state index < -0.39 is 0 Å². The van der Waals surface area contributed by atoms with E-state index in [9.17, 15) is 9.59 Å². The van der Waals surface area contributed by atoms with Gasteiger partial charge in [-0.25, -0.2) is 4.79 Å². The SMILES string of the molecule is CCc1cccc(NC(=O)N(CC(=O)N(CCc2c[nH]c3ccccc23)Cc2ccc(C)cc2)C2CC2)c1. The van der Waals surface area contributed by atoms with Crippen molar-refractivity contribution in [1.29, 1.82) is 0 Å². The van der Waals surface area contributed by atoms with Gasteiger partial charge in [0.2, 0.25) is 5.91 Å². The predicted octanol–water partition coefficient (Wildman–Crippen LogP) is 6.31. The van der Waals surface area contributed by atoms with Crippen molar-refractivity contribution in [1.82, 2.24) is 14.8 Å². The molecule has 196 valence electrons. The summed E-state index contributed by atoms with van der Waals surface area (Å²) in [5, 5.41) is 4.21. The van der Waals surface area contributed by atoms with E-state index in [4.69, 9.17) is 0 Å². The first-order chi connectivity index (χ1) is 18.5. The molecule has 38 heavy (non-hydrogen) atoms. The molecular weight excluding hydrogens is 472 g/mol. The van der Waals surface area contributed by atoms with Crippen molar-refractivity contribution in [2.24, 2.45) is 0 Å². The maximum Gasteiger partial charge on any atom is 0.322 e. The topological polar surface area (TPSA) is 68.4 Å². The fourth-order valence-electron chi connectivity index (χ4n) is 4.86. The molecule has 1 heterocycles. The molecule has 0 saturated heterocycles. The molecule has 4 aromatic rings. The number of hydrogen-bond donors (Lipinski definition) is 2. The number of H-pyrrole nitrogens is 1. The van der Waals surface area contributed by atoms with Crippen LogP contribution < -0.4 is 5.32 Å². The maximum absolute atomic E-state index is 13.7. The summed E-state index contributed by atoms with van der Waals surface area (Å²) in [5.41, 5.74) is 6.50. The Hall–Kier alpha value is -4.06. The molecule has 1 aromatic heterocycles. The number of rotatable bonds is 10. The van der Waals surface area contributed by atoms with Gasteiger partial charge in [0, 0.05) is 41.9 Å². The first-order valence-corrected chi connectivity index (χ1v) is 13.5. The van der Waals surface area contributed by atoms with Gasteiger partial charge >= 0.3 is 6.03 Å². The highest BCUT2D eigenvalue weighted by molar-refractivity contribution is 5.93. The molecule has 2 N–H and O–H groups in total. The zero-order valence-electron chi connectivity index (χ0n) is 22.2. The lowest BCUT2D eigenvalue weighted by Gasteiger charge is -2.28. The van der Waals surface area contributed by atoms with Crippen LogP contribution in [0.5, 0.6) is 0 Å². The van der Waals surface area contributed by atoms with Crippen LogP contribution in [0.3, 0.4) is 0 Å². The van der Waals surface area contributed by atoms with Gasteiger partial charge in [-0.2, -0.15) is 0 Å².